The summed E-state index contributed by atoms with van der Waals surface area (Å²) in [4.78, 5) is 6.36. The lowest BCUT2D eigenvalue weighted by Crippen LogP contribution is -2.34. The van der Waals surface area contributed by atoms with E-state index in [9.17, 15) is 8.42 Å². The second-order valence-electron chi connectivity index (χ2n) is 5.36. The van der Waals surface area contributed by atoms with Crippen LogP contribution in [0.15, 0.2) is 28.6 Å². The maximum absolute atomic E-state index is 11.2. The van der Waals surface area contributed by atoms with Crippen LogP contribution in [0.25, 0.3) is 0 Å². The quantitative estimate of drug-likeness (QED) is 0.837. The fraction of sp³-hybridized carbons (Fsp3) is 0.357. The zero-order chi connectivity index (χ0) is 16.4. The summed E-state index contributed by atoms with van der Waals surface area (Å²) in [5.41, 5.74) is 2.52. The van der Waals surface area contributed by atoms with Crippen molar-refractivity contribution >= 4 is 38.1 Å². The zero-order valence-electron chi connectivity index (χ0n) is 12.3. The molecule has 3 N–H and O–H groups in total. The van der Waals surface area contributed by atoms with Crippen LogP contribution in [-0.2, 0) is 23.0 Å². The smallest absolute Gasteiger partial charge is 0.249 e. The van der Waals surface area contributed by atoms with Crippen LogP contribution >= 0.6 is 22.9 Å². The van der Waals surface area contributed by atoms with E-state index in [1.54, 1.807) is 0 Å². The molecule has 0 bridgehead atoms. The lowest BCUT2D eigenvalue weighted by Gasteiger charge is -2.29. The molecular formula is C14H17ClN4O2S2. The van der Waals surface area contributed by atoms with Crippen molar-refractivity contribution in [3.63, 3.8) is 0 Å². The Kier molecular flexibility index (Phi) is 4.88. The van der Waals surface area contributed by atoms with Crippen molar-refractivity contribution in [2.75, 3.05) is 25.0 Å². The van der Waals surface area contributed by atoms with Crippen molar-refractivity contribution in [2.24, 2.45) is 5.14 Å². The lowest BCUT2D eigenvalue weighted by atomic mass is 10.00. The Morgan fingerprint density at radius 2 is 2.26 bits per heavy atom. The largest absolute Gasteiger partial charge is 0.360 e. The molecule has 23 heavy (non-hydrogen) atoms. The van der Waals surface area contributed by atoms with Crippen LogP contribution < -0.4 is 10.5 Å². The Bertz CT molecular complexity index is 807. The number of benzene rings is 1. The molecule has 0 fully saturated rings. The van der Waals surface area contributed by atoms with Gasteiger partial charge in [-0.3, -0.25) is 4.90 Å². The van der Waals surface area contributed by atoms with Gasteiger partial charge in [0.25, 0.3) is 0 Å². The van der Waals surface area contributed by atoms with E-state index in [-0.39, 0.29) is 4.21 Å². The van der Waals surface area contributed by atoms with Crippen LogP contribution in [0.2, 0.25) is 5.02 Å². The van der Waals surface area contributed by atoms with Gasteiger partial charge in [0.15, 0.2) is 9.34 Å². The number of hydrogen-bond donors (Lipinski definition) is 2. The minimum atomic E-state index is -3.67. The second kappa shape index (κ2) is 6.74. The van der Waals surface area contributed by atoms with Crippen LogP contribution in [0.1, 0.15) is 11.1 Å². The van der Waals surface area contributed by atoms with Crippen molar-refractivity contribution in [1.29, 1.82) is 0 Å². The number of nitrogens with zero attached hydrogens (tertiary/aromatic N) is 2. The Morgan fingerprint density at radius 1 is 1.43 bits per heavy atom. The van der Waals surface area contributed by atoms with Crippen LogP contribution in [0, 0.1) is 0 Å². The first-order chi connectivity index (χ1) is 10.9. The van der Waals surface area contributed by atoms with E-state index >= 15 is 0 Å². The summed E-state index contributed by atoms with van der Waals surface area (Å²) < 4.78 is 22.5. The molecule has 6 nitrogen and oxygen atoms in total. The monoisotopic (exact) mass is 372 g/mol. The molecule has 0 saturated heterocycles. The number of sulfonamides is 1. The highest BCUT2D eigenvalue weighted by atomic mass is 35.5. The Morgan fingerprint density at radius 3 is 3.00 bits per heavy atom. The second-order valence-corrected chi connectivity index (χ2v) is 8.59. The molecule has 0 spiro atoms. The third kappa shape index (κ3) is 4.02. The van der Waals surface area contributed by atoms with Crippen molar-refractivity contribution in [2.45, 2.75) is 17.2 Å². The highest BCUT2D eigenvalue weighted by Crippen LogP contribution is 2.26. The summed E-state index contributed by atoms with van der Waals surface area (Å²) in [5, 5.41) is 9.62. The standard InChI is InChI=1S/C14H17ClN4O2S2/c15-12-3-1-2-10-9-19(6-4-11(10)12)7-5-17-14-18-8-13(22-14)23(16,20)21/h1-3,8H,4-7,9H2,(H,17,18)(H2,16,20,21). The average Bonchev–Trinajstić information content (AvgIpc) is 2.96. The fourth-order valence-electron chi connectivity index (χ4n) is 2.61. The van der Waals surface area contributed by atoms with Gasteiger partial charge in [-0.2, -0.15) is 0 Å². The fourth-order valence-corrected chi connectivity index (χ4v) is 4.37. The van der Waals surface area contributed by atoms with E-state index in [0.29, 0.717) is 11.7 Å². The van der Waals surface area contributed by atoms with Crippen LogP contribution in [-0.4, -0.2) is 37.9 Å². The predicted octanol–water partition coefficient (Wildman–Crippen LogP) is 1.91. The first kappa shape index (κ1) is 16.7. The Labute approximate surface area is 144 Å². The van der Waals surface area contributed by atoms with E-state index in [1.807, 2.05) is 12.1 Å². The highest BCUT2D eigenvalue weighted by molar-refractivity contribution is 7.91. The molecular weight excluding hydrogens is 356 g/mol. The Balaban J connectivity index is 1.53. The number of primary sulfonamides is 1. The predicted molar refractivity (Wildman–Crippen MR) is 92.4 cm³/mol. The molecule has 0 radical (unpaired) electrons. The van der Waals surface area contributed by atoms with E-state index < -0.39 is 10.0 Å². The number of hydrogen-bond acceptors (Lipinski definition) is 6. The van der Waals surface area contributed by atoms with Gasteiger partial charge in [0.1, 0.15) is 0 Å². The van der Waals surface area contributed by atoms with Crippen molar-refractivity contribution < 1.29 is 8.42 Å². The molecule has 9 heteroatoms. The summed E-state index contributed by atoms with van der Waals surface area (Å²) in [6, 6.07) is 6.02. The number of rotatable bonds is 5. The van der Waals surface area contributed by atoms with Gasteiger partial charge in [0.2, 0.25) is 10.0 Å². The van der Waals surface area contributed by atoms with E-state index in [0.717, 1.165) is 42.4 Å². The van der Waals surface area contributed by atoms with Crippen LogP contribution in [0.4, 0.5) is 5.13 Å². The highest BCUT2D eigenvalue weighted by Gasteiger charge is 2.18. The van der Waals surface area contributed by atoms with E-state index in [2.05, 4.69) is 21.3 Å². The molecule has 0 unspecified atom stereocenters. The van der Waals surface area contributed by atoms with Gasteiger partial charge in [-0.05, 0) is 23.6 Å². The van der Waals surface area contributed by atoms with Crippen LogP contribution in [0.5, 0.6) is 0 Å². The summed E-state index contributed by atoms with van der Waals surface area (Å²) >= 11 is 7.26. The van der Waals surface area contributed by atoms with Gasteiger partial charge in [-0.15, -0.1) is 0 Å². The number of anilines is 1. The van der Waals surface area contributed by atoms with E-state index in [4.69, 9.17) is 16.7 Å². The minimum Gasteiger partial charge on any atom is -0.360 e. The summed E-state index contributed by atoms with van der Waals surface area (Å²) in [7, 11) is -3.67. The van der Waals surface area contributed by atoms with Gasteiger partial charge in [-0.25, -0.2) is 18.5 Å². The number of fused-ring (bicyclic) bond motifs is 1. The molecule has 124 valence electrons. The van der Waals surface area contributed by atoms with Crippen LogP contribution in [0.3, 0.4) is 0 Å². The molecule has 0 atom stereocenters. The third-order valence-electron chi connectivity index (χ3n) is 3.76. The molecule has 1 aliphatic heterocycles. The molecule has 1 aliphatic rings. The van der Waals surface area contributed by atoms with Gasteiger partial charge in [-0.1, -0.05) is 35.1 Å². The number of aromatic nitrogens is 1. The average molecular weight is 373 g/mol. The first-order valence-corrected chi connectivity index (χ1v) is 9.89. The van der Waals surface area contributed by atoms with Crippen molar-refractivity contribution in [3.05, 3.63) is 40.5 Å². The number of nitrogens with one attached hydrogen (secondary N) is 1. The first-order valence-electron chi connectivity index (χ1n) is 7.14. The number of halogens is 1. The molecule has 2 heterocycles. The topological polar surface area (TPSA) is 88.3 Å². The molecule has 0 amide bonds. The van der Waals surface area contributed by atoms with Gasteiger partial charge >= 0.3 is 0 Å². The third-order valence-corrected chi connectivity index (χ3v) is 6.47. The molecule has 0 saturated carbocycles. The molecule has 0 aliphatic carbocycles. The zero-order valence-corrected chi connectivity index (χ0v) is 14.7. The molecule has 2 aromatic rings. The van der Waals surface area contributed by atoms with Gasteiger partial charge in [0, 0.05) is 31.2 Å². The summed E-state index contributed by atoms with van der Waals surface area (Å²) in [5.74, 6) is 0. The number of nitrogens with two attached hydrogens (primary N) is 1. The summed E-state index contributed by atoms with van der Waals surface area (Å²) in [6.07, 6.45) is 2.23. The number of thiazole rings is 1. The summed E-state index contributed by atoms with van der Waals surface area (Å²) in [6.45, 7) is 3.36. The SMILES string of the molecule is NS(=O)(=O)c1cnc(NCCN2CCc3c(Cl)cccc3C2)s1. The maximum Gasteiger partial charge on any atom is 0.249 e. The van der Waals surface area contributed by atoms with Gasteiger partial charge in [0.05, 0.1) is 6.20 Å². The normalized spacial score (nSPS) is 15.4. The van der Waals surface area contributed by atoms with Gasteiger partial charge < -0.3 is 5.32 Å². The lowest BCUT2D eigenvalue weighted by molar-refractivity contribution is 0.264. The minimum absolute atomic E-state index is 0.0709. The Hall–Kier alpha value is -1.19. The molecule has 3 rings (SSSR count). The van der Waals surface area contributed by atoms with Crippen molar-refractivity contribution in [1.82, 2.24) is 9.88 Å². The van der Waals surface area contributed by atoms with Crippen molar-refractivity contribution in [3.8, 4) is 0 Å². The molecule has 1 aromatic heterocycles. The molecule has 1 aromatic carbocycles. The maximum atomic E-state index is 11.2. The van der Waals surface area contributed by atoms with E-state index in [1.165, 1.54) is 17.3 Å².